The Kier molecular flexibility index (Phi) is 4.77. The van der Waals surface area contributed by atoms with Crippen LogP contribution in [0.2, 0.25) is 0 Å². The van der Waals surface area contributed by atoms with Gasteiger partial charge in [-0.3, -0.25) is 9.30 Å². The maximum Gasteiger partial charge on any atom is 0.150 e. The first kappa shape index (κ1) is 16.9. The van der Waals surface area contributed by atoms with E-state index in [0.29, 0.717) is 30.3 Å². The molecule has 4 rings (SSSR count). The SMILES string of the molecule is CCOc1cc(OCCN2CCOCC2)cc2c1nc(N)c1cncn12. The highest BCUT2D eigenvalue weighted by molar-refractivity contribution is 5.88. The van der Waals surface area contributed by atoms with Gasteiger partial charge in [-0.25, -0.2) is 9.97 Å². The third-order valence-corrected chi connectivity index (χ3v) is 4.50. The van der Waals surface area contributed by atoms with E-state index in [4.69, 9.17) is 19.9 Å². The minimum Gasteiger partial charge on any atom is -0.492 e. The van der Waals surface area contributed by atoms with Crippen LogP contribution >= 0.6 is 0 Å². The predicted molar refractivity (Wildman–Crippen MR) is 98.8 cm³/mol. The number of fused-ring (bicyclic) bond motifs is 3. The molecule has 0 spiro atoms. The average molecular weight is 357 g/mol. The number of nitrogens with two attached hydrogens (primary N) is 1. The first-order valence-corrected chi connectivity index (χ1v) is 8.87. The number of ether oxygens (including phenoxy) is 3. The van der Waals surface area contributed by atoms with E-state index in [-0.39, 0.29) is 0 Å². The summed E-state index contributed by atoms with van der Waals surface area (Å²) >= 11 is 0. The van der Waals surface area contributed by atoms with Gasteiger partial charge in [-0.15, -0.1) is 0 Å². The summed E-state index contributed by atoms with van der Waals surface area (Å²) in [5, 5.41) is 0. The largest absolute Gasteiger partial charge is 0.492 e. The Morgan fingerprint density at radius 1 is 1.19 bits per heavy atom. The lowest BCUT2D eigenvalue weighted by Crippen LogP contribution is -2.38. The highest BCUT2D eigenvalue weighted by Gasteiger charge is 2.14. The number of imidazole rings is 1. The predicted octanol–water partition coefficient (Wildman–Crippen LogP) is 1.57. The van der Waals surface area contributed by atoms with Gasteiger partial charge in [0, 0.05) is 31.8 Å². The molecule has 0 radical (unpaired) electrons. The monoisotopic (exact) mass is 357 g/mol. The van der Waals surface area contributed by atoms with Gasteiger partial charge in [-0.2, -0.15) is 0 Å². The van der Waals surface area contributed by atoms with Gasteiger partial charge in [0.15, 0.2) is 5.75 Å². The number of hydrogen-bond donors (Lipinski definition) is 1. The van der Waals surface area contributed by atoms with Crippen molar-refractivity contribution in [3.8, 4) is 11.5 Å². The Labute approximate surface area is 151 Å². The Balaban J connectivity index is 1.63. The number of nitrogens with zero attached hydrogens (tertiary/aromatic N) is 4. The first-order valence-electron chi connectivity index (χ1n) is 8.87. The molecule has 138 valence electrons. The van der Waals surface area contributed by atoms with Gasteiger partial charge in [0.2, 0.25) is 0 Å². The van der Waals surface area contributed by atoms with Gasteiger partial charge in [0.25, 0.3) is 0 Å². The molecule has 1 saturated heterocycles. The second kappa shape index (κ2) is 7.35. The van der Waals surface area contributed by atoms with E-state index in [1.807, 2.05) is 23.5 Å². The minimum atomic E-state index is 0.428. The molecule has 2 N–H and O–H groups in total. The van der Waals surface area contributed by atoms with Crippen molar-refractivity contribution >= 4 is 22.4 Å². The summed E-state index contributed by atoms with van der Waals surface area (Å²) in [4.78, 5) is 11.0. The van der Waals surface area contributed by atoms with Gasteiger partial charge in [-0.05, 0) is 6.92 Å². The second-order valence-electron chi connectivity index (χ2n) is 6.17. The van der Waals surface area contributed by atoms with Crippen molar-refractivity contribution in [2.24, 2.45) is 0 Å². The number of aromatic nitrogens is 3. The first-order chi connectivity index (χ1) is 12.8. The van der Waals surface area contributed by atoms with Crippen molar-refractivity contribution in [3.05, 3.63) is 24.7 Å². The van der Waals surface area contributed by atoms with E-state index in [1.165, 1.54) is 0 Å². The number of nitrogen functional groups attached to an aromatic ring is 1. The van der Waals surface area contributed by atoms with Gasteiger partial charge in [0.05, 0.1) is 37.9 Å². The van der Waals surface area contributed by atoms with Gasteiger partial charge in [0.1, 0.15) is 29.2 Å². The Morgan fingerprint density at radius 2 is 2.04 bits per heavy atom. The lowest BCUT2D eigenvalue weighted by atomic mass is 10.2. The quantitative estimate of drug-likeness (QED) is 0.716. The summed E-state index contributed by atoms with van der Waals surface area (Å²) in [5.74, 6) is 1.83. The molecule has 0 aliphatic carbocycles. The molecular weight excluding hydrogens is 334 g/mol. The minimum absolute atomic E-state index is 0.428. The van der Waals surface area contributed by atoms with E-state index in [1.54, 1.807) is 12.5 Å². The van der Waals surface area contributed by atoms with E-state index in [9.17, 15) is 0 Å². The molecule has 1 aliphatic rings. The zero-order chi connectivity index (χ0) is 17.9. The maximum atomic E-state index is 6.06. The normalized spacial score (nSPS) is 15.6. The van der Waals surface area contributed by atoms with Crippen LogP contribution in [-0.4, -0.2) is 65.3 Å². The van der Waals surface area contributed by atoms with Crippen LogP contribution in [0.15, 0.2) is 24.7 Å². The summed E-state index contributed by atoms with van der Waals surface area (Å²) in [7, 11) is 0. The molecule has 3 heterocycles. The third-order valence-electron chi connectivity index (χ3n) is 4.50. The lowest BCUT2D eigenvalue weighted by molar-refractivity contribution is 0.0322. The highest BCUT2D eigenvalue weighted by Crippen LogP contribution is 2.32. The van der Waals surface area contributed by atoms with Gasteiger partial charge < -0.3 is 19.9 Å². The average Bonchev–Trinajstić information content (AvgIpc) is 3.15. The van der Waals surface area contributed by atoms with Gasteiger partial charge >= 0.3 is 0 Å². The summed E-state index contributed by atoms with van der Waals surface area (Å²) in [6.07, 6.45) is 3.43. The van der Waals surface area contributed by atoms with E-state index >= 15 is 0 Å². The molecule has 0 amide bonds. The molecule has 0 saturated carbocycles. The summed E-state index contributed by atoms with van der Waals surface area (Å²) < 4.78 is 19.1. The van der Waals surface area contributed by atoms with Gasteiger partial charge in [-0.1, -0.05) is 0 Å². The molecule has 2 aromatic heterocycles. The van der Waals surface area contributed by atoms with Crippen LogP contribution < -0.4 is 15.2 Å². The van der Waals surface area contributed by atoms with Crippen molar-refractivity contribution in [1.82, 2.24) is 19.3 Å². The number of benzene rings is 1. The van der Waals surface area contributed by atoms with Crippen LogP contribution in [0.4, 0.5) is 5.82 Å². The summed E-state index contributed by atoms with van der Waals surface area (Å²) in [6.45, 7) is 7.42. The topological polar surface area (TPSA) is 87.1 Å². The van der Waals surface area contributed by atoms with E-state index in [0.717, 1.165) is 49.6 Å². The zero-order valence-corrected chi connectivity index (χ0v) is 14.9. The molecule has 8 heteroatoms. The van der Waals surface area contributed by atoms with Crippen LogP contribution in [0, 0.1) is 0 Å². The van der Waals surface area contributed by atoms with Crippen molar-refractivity contribution in [2.45, 2.75) is 6.92 Å². The van der Waals surface area contributed by atoms with Crippen LogP contribution in [0.1, 0.15) is 6.92 Å². The molecule has 0 atom stereocenters. The molecule has 1 aromatic carbocycles. The van der Waals surface area contributed by atoms with Crippen LogP contribution in [0.3, 0.4) is 0 Å². The fraction of sp³-hybridized carbons (Fsp3) is 0.444. The molecule has 1 fully saturated rings. The molecule has 0 unspecified atom stereocenters. The standard InChI is InChI=1S/C18H23N5O3/c1-2-25-16-10-13(26-8-5-22-3-6-24-7-4-22)9-14-17(16)21-18(19)15-11-20-12-23(14)15/h9-12H,2-8H2,1H3,(H2,19,21). The maximum absolute atomic E-state index is 6.06. The number of rotatable bonds is 6. The summed E-state index contributed by atoms with van der Waals surface area (Å²) in [6, 6.07) is 3.83. The molecule has 3 aromatic rings. The molecule has 1 aliphatic heterocycles. The fourth-order valence-electron chi connectivity index (χ4n) is 3.19. The molecular formula is C18H23N5O3. The Hall–Kier alpha value is -2.58. The van der Waals surface area contributed by atoms with Crippen molar-refractivity contribution in [2.75, 3.05) is 51.8 Å². The zero-order valence-electron chi connectivity index (χ0n) is 14.9. The lowest BCUT2D eigenvalue weighted by Gasteiger charge is -2.26. The molecule has 8 nitrogen and oxygen atoms in total. The second-order valence-corrected chi connectivity index (χ2v) is 6.17. The Morgan fingerprint density at radius 3 is 2.85 bits per heavy atom. The van der Waals surface area contributed by atoms with Crippen LogP contribution in [0.5, 0.6) is 11.5 Å². The van der Waals surface area contributed by atoms with Crippen molar-refractivity contribution < 1.29 is 14.2 Å². The summed E-state index contributed by atoms with van der Waals surface area (Å²) in [5.41, 5.74) is 8.39. The molecule has 0 bridgehead atoms. The third kappa shape index (κ3) is 3.25. The highest BCUT2D eigenvalue weighted by atomic mass is 16.5. The van der Waals surface area contributed by atoms with E-state index < -0.39 is 0 Å². The van der Waals surface area contributed by atoms with Crippen molar-refractivity contribution in [1.29, 1.82) is 0 Å². The number of morpholine rings is 1. The van der Waals surface area contributed by atoms with Crippen LogP contribution in [0.25, 0.3) is 16.6 Å². The van der Waals surface area contributed by atoms with Crippen LogP contribution in [-0.2, 0) is 4.74 Å². The van der Waals surface area contributed by atoms with E-state index in [2.05, 4.69) is 14.9 Å². The molecule has 26 heavy (non-hydrogen) atoms. The van der Waals surface area contributed by atoms with Crippen molar-refractivity contribution in [3.63, 3.8) is 0 Å². The smallest absolute Gasteiger partial charge is 0.150 e. The fourth-order valence-corrected chi connectivity index (χ4v) is 3.19. The number of anilines is 1. The number of hydrogen-bond acceptors (Lipinski definition) is 7. The Bertz CT molecular complexity index is 905.